The van der Waals surface area contributed by atoms with Crippen molar-refractivity contribution in [2.45, 2.75) is 46.0 Å². The second-order valence-corrected chi connectivity index (χ2v) is 5.98. The molecule has 0 atom stereocenters. The topological polar surface area (TPSA) is 53.9 Å². The van der Waals surface area contributed by atoms with Gasteiger partial charge >= 0.3 is 5.97 Å². The molecule has 2 fully saturated rings. The number of aliphatic imine (C=N–C) groups is 1. The molecule has 2 aliphatic rings. The Morgan fingerprint density at radius 2 is 1.95 bits per heavy atom. The maximum Gasteiger partial charge on any atom is 0.309 e. The monoisotopic (exact) mass is 295 g/mol. The Morgan fingerprint density at radius 1 is 1.24 bits per heavy atom. The summed E-state index contributed by atoms with van der Waals surface area (Å²) in [6.45, 7) is 8.03. The van der Waals surface area contributed by atoms with Crippen molar-refractivity contribution in [1.29, 1.82) is 0 Å². The van der Waals surface area contributed by atoms with Gasteiger partial charge in [-0.1, -0.05) is 12.8 Å². The Balaban J connectivity index is 1.79. The van der Waals surface area contributed by atoms with Crippen LogP contribution in [0.25, 0.3) is 0 Å². The highest BCUT2D eigenvalue weighted by Gasteiger charge is 2.27. The molecule has 1 aliphatic carbocycles. The third-order valence-electron chi connectivity index (χ3n) is 4.25. The molecule has 1 saturated heterocycles. The normalized spacial score (nSPS) is 20.5. The van der Waals surface area contributed by atoms with Gasteiger partial charge in [0.05, 0.1) is 12.5 Å². The maximum absolute atomic E-state index is 11.8. The summed E-state index contributed by atoms with van der Waals surface area (Å²) in [7, 11) is 0. The van der Waals surface area contributed by atoms with Crippen LogP contribution < -0.4 is 5.32 Å². The van der Waals surface area contributed by atoms with E-state index in [4.69, 9.17) is 9.73 Å². The van der Waals surface area contributed by atoms with Gasteiger partial charge in [-0.05, 0) is 39.0 Å². The van der Waals surface area contributed by atoms with Crippen LogP contribution in [0.5, 0.6) is 0 Å². The van der Waals surface area contributed by atoms with Crippen molar-refractivity contribution in [3.63, 3.8) is 0 Å². The SMILES string of the molecule is CCNC(=NCCC1CC1)N1CCC(C(=O)OCC)CC1. The number of likely N-dealkylation sites (tertiary alicyclic amines) is 1. The quantitative estimate of drug-likeness (QED) is 0.463. The number of esters is 1. The van der Waals surface area contributed by atoms with E-state index in [1.54, 1.807) is 0 Å². The van der Waals surface area contributed by atoms with Gasteiger partial charge in [0, 0.05) is 26.2 Å². The highest BCUT2D eigenvalue weighted by atomic mass is 16.5. The molecule has 1 saturated carbocycles. The third kappa shape index (κ3) is 5.21. The maximum atomic E-state index is 11.8. The molecule has 0 aromatic rings. The molecule has 0 amide bonds. The van der Waals surface area contributed by atoms with Crippen LogP contribution in [0, 0.1) is 11.8 Å². The van der Waals surface area contributed by atoms with E-state index >= 15 is 0 Å². The van der Waals surface area contributed by atoms with Crippen LogP contribution in [0.3, 0.4) is 0 Å². The van der Waals surface area contributed by atoms with E-state index in [-0.39, 0.29) is 11.9 Å². The fourth-order valence-electron chi connectivity index (χ4n) is 2.77. The van der Waals surface area contributed by atoms with E-state index in [9.17, 15) is 4.79 Å². The molecule has 0 aromatic heterocycles. The zero-order valence-electron chi connectivity index (χ0n) is 13.4. The summed E-state index contributed by atoms with van der Waals surface area (Å²) in [6.07, 6.45) is 5.72. The summed E-state index contributed by atoms with van der Waals surface area (Å²) in [5, 5.41) is 3.38. The molecular weight excluding hydrogens is 266 g/mol. The predicted molar refractivity (Wildman–Crippen MR) is 84.2 cm³/mol. The van der Waals surface area contributed by atoms with Crippen LogP contribution in [0.4, 0.5) is 0 Å². The molecule has 1 aliphatic heterocycles. The molecule has 0 spiro atoms. The molecule has 21 heavy (non-hydrogen) atoms. The summed E-state index contributed by atoms with van der Waals surface area (Å²) in [5.41, 5.74) is 0. The van der Waals surface area contributed by atoms with Gasteiger partial charge in [0.25, 0.3) is 0 Å². The van der Waals surface area contributed by atoms with E-state index < -0.39 is 0 Å². The lowest BCUT2D eigenvalue weighted by Gasteiger charge is -2.33. The van der Waals surface area contributed by atoms with Crippen molar-refractivity contribution in [3.05, 3.63) is 0 Å². The fourth-order valence-corrected chi connectivity index (χ4v) is 2.77. The standard InChI is InChI=1S/C16H29N3O2/c1-3-17-16(18-10-7-13-5-6-13)19-11-8-14(9-12-19)15(20)21-4-2/h13-14H,3-12H2,1-2H3,(H,17,18). The Morgan fingerprint density at radius 3 is 2.52 bits per heavy atom. The first-order chi connectivity index (χ1) is 10.2. The molecule has 0 aromatic carbocycles. The second-order valence-electron chi connectivity index (χ2n) is 5.98. The molecular formula is C16H29N3O2. The lowest BCUT2D eigenvalue weighted by Crippen LogP contribution is -2.46. The van der Waals surface area contributed by atoms with Gasteiger partial charge in [-0.15, -0.1) is 0 Å². The minimum atomic E-state index is -0.0344. The number of nitrogens with zero attached hydrogens (tertiary/aromatic N) is 2. The summed E-state index contributed by atoms with van der Waals surface area (Å²) < 4.78 is 5.12. The Hall–Kier alpha value is -1.26. The first-order valence-electron chi connectivity index (χ1n) is 8.44. The largest absolute Gasteiger partial charge is 0.466 e. The summed E-state index contributed by atoms with van der Waals surface area (Å²) in [4.78, 5) is 18.8. The minimum Gasteiger partial charge on any atom is -0.466 e. The van der Waals surface area contributed by atoms with E-state index in [0.717, 1.165) is 50.9 Å². The first kappa shape index (κ1) is 16.1. The molecule has 1 heterocycles. The minimum absolute atomic E-state index is 0.0344. The van der Waals surface area contributed by atoms with Crippen molar-refractivity contribution in [3.8, 4) is 0 Å². The number of hydrogen-bond acceptors (Lipinski definition) is 3. The highest BCUT2D eigenvalue weighted by Crippen LogP contribution is 2.32. The summed E-state index contributed by atoms with van der Waals surface area (Å²) in [5.74, 6) is 1.97. The lowest BCUT2D eigenvalue weighted by atomic mass is 9.97. The van der Waals surface area contributed by atoms with Crippen molar-refractivity contribution in [2.75, 3.05) is 32.8 Å². The van der Waals surface area contributed by atoms with Gasteiger partial charge in [-0.3, -0.25) is 9.79 Å². The zero-order valence-corrected chi connectivity index (χ0v) is 13.4. The number of guanidine groups is 1. The molecule has 0 radical (unpaired) electrons. The van der Waals surface area contributed by atoms with Gasteiger partial charge < -0.3 is 15.0 Å². The van der Waals surface area contributed by atoms with Gasteiger partial charge in [0.2, 0.25) is 0 Å². The highest BCUT2D eigenvalue weighted by molar-refractivity contribution is 5.80. The molecule has 0 bridgehead atoms. The zero-order chi connectivity index (χ0) is 15.1. The van der Waals surface area contributed by atoms with Crippen LogP contribution >= 0.6 is 0 Å². The van der Waals surface area contributed by atoms with Crippen LogP contribution in [0.1, 0.15) is 46.0 Å². The van der Waals surface area contributed by atoms with Crippen molar-refractivity contribution in [2.24, 2.45) is 16.8 Å². The molecule has 120 valence electrons. The third-order valence-corrected chi connectivity index (χ3v) is 4.25. The second kappa shape index (κ2) is 8.25. The lowest BCUT2D eigenvalue weighted by molar-refractivity contribution is -0.149. The fraction of sp³-hybridized carbons (Fsp3) is 0.875. The Labute approximate surface area is 128 Å². The molecule has 5 nitrogen and oxygen atoms in total. The molecule has 5 heteroatoms. The average molecular weight is 295 g/mol. The number of carbonyl (C=O) groups excluding carboxylic acids is 1. The number of piperidine rings is 1. The number of rotatable bonds is 6. The number of carbonyl (C=O) groups is 1. The van der Waals surface area contributed by atoms with Gasteiger partial charge in [0.1, 0.15) is 0 Å². The van der Waals surface area contributed by atoms with E-state index in [0.29, 0.717) is 6.61 Å². The van der Waals surface area contributed by atoms with Crippen molar-refractivity contribution in [1.82, 2.24) is 10.2 Å². The van der Waals surface area contributed by atoms with Gasteiger partial charge in [-0.2, -0.15) is 0 Å². The number of hydrogen-bond donors (Lipinski definition) is 1. The summed E-state index contributed by atoms with van der Waals surface area (Å²) in [6, 6.07) is 0. The van der Waals surface area contributed by atoms with Crippen LogP contribution in [-0.4, -0.2) is 49.6 Å². The smallest absolute Gasteiger partial charge is 0.309 e. The predicted octanol–water partition coefficient (Wildman–Crippen LogP) is 2.03. The van der Waals surface area contributed by atoms with E-state index in [1.165, 1.54) is 19.3 Å². The van der Waals surface area contributed by atoms with Crippen LogP contribution in [-0.2, 0) is 9.53 Å². The van der Waals surface area contributed by atoms with Gasteiger partial charge in [-0.25, -0.2) is 0 Å². The van der Waals surface area contributed by atoms with Crippen molar-refractivity contribution >= 4 is 11.9 Å². The molecule has 0 unspecified atom stereocenters. The average Bonchev–Trinajstić information content (AvgIpc) is 3.31. The number of ether oxygens (including phenoxy) is 1. The molecule has 1 N–H and O–H groups in total. The Bertz CT molecular complexity index is 359. The van der Waals surface area contributed by atoms with Crippen molar-refractivity contribution < 1.29 is 9.53 Å². The summed E-state index contributed by atoms with van der Waals surface area (Å²) >= 11 is 0. The van der Waals surface area contributed by atoms with Crippen LogP contribution in [0.15, 0.2) is 4.99 Å². The Kier molecular flexibility index (Phi) is 6.33. The van der Waals surface area contributed by atoms with E-state index in [1.807, 2.05) is 6.92 Å². The number of nitrogens with one attached hydrogen (secondary N) is 1. The first-order valence-corrected chi connectivity index (χ1v) is 8.44. The van der Waals surface area contributed by atoms with Crippen LogP contribution in [0.2, 0.25) is 0 Å². The van der Waals surface area contributed by atoms with Gasteiger partial charge in [0.15, 0.2) is 5.96 Å². The molecule has 2 rings (SSSR count). The van der Waals surface area contributed by atoms with E-state index in [2.05, 4.69) is 17.1 Å².